The van der Waals surface area contributed by atoms with Crippen molar-refractivity contribution in [1.82, 2.24) is 9.80 Å². The summed E-state index contributed by atoms with van der Waals surface area (Å²) in [5.41, 5.74) is 0. The third kappa shape index (κ3) is 1.37. The van der Waals surface area contributed by atoms with Crippen molar-refractivity contribution in [2.45, 2.75) is 6.42 Å². The molecule has 70 valence electrons. The minimum atomic E-state index is -0.883. The monoisotopic (exact) mass is 181 g/mol. The van der Waals surface area contributed by atoms with E-state index < -0.39 is 6.09 Å². The number of allylic oxidation sites excluding steroid dienone is 1. The number of hydrogen-bond donors (Lipinski definition) is 1. The van der Waals surface area contributed by atoms with Gasteiger partial charge in [-0.3, -0.25) is 9.89 Å². The minimum Gasteiger partial charge on any atom is -0.465 e. The topological polar surface area (TPSA) is 56.1 Å². The van der Waals surface area contributed by atoms with Crippen LogP contribution in [0.5, 0.6) is 0 Å². The van der Waals surface area contributed by atoms with Crippen molar-refractivity contribution in [1.29, 1.82) is 0 Å². The van der Waals surface area contributed by atoms with Crippen molar-refractivity contribution < 1.29 is 9.90 Å². The SMILES string of the molecule is O=C(O)N1CCCN2CN=CC=C21. The van der Waals surface area contributed by atoms with Crippen LogP contribution >= 0.6 is 0 Å². The Kier molecular flexibility index (Phi) is 1.92. The van der Waals surface area contributed by atoms with Crippen molar-refractivity contribution in [3.63, 3.8) is 0 Å². The van der Waals surface area contributed by atoms with E-state index in [1.54, 1.807) is 12.3 Å². The first-order valence-electron chi connectivity index (χ1n) is 4.24. The molecular weight excluding hydrogens is 170 g/mol. The Labute approximate surface area is 76.0 Å². The molecule has 2 heterocycles. The Bertz CT molecular complexity index is 285. The summed E-state index contributed by atoms with van der Waals surface area (Å²) in [5.74, 6) is 0.758. The molecular formula is C8H11N3O2. The van der Waals surface area contributed by atoms with Crippen LogP contribution in [-0.2, 0) is 0 Å². The van der Waals surface area contributed by atoms with Crippen LogP contribution in [0.4, 0.5) is 4.79 Å². The maximum atomic E-state index is 10.8. The Morgan fingerprint density at radius 1 is 1.54 bits per heavy atom. The molecule has 0 aromatic heterocycles. The second-order valence-corrected chi connectivity index (χ2v) is 3.05. The highest BCUT2D eigenvalue weighted by Crippen LogP contribution is 2.19. The van der Waals surface area contributed by atoms with Crippen molar-refractivity contribution in [2.24, 2.45) is 4.99 Å². The molecule has 1 amide bonds. The van der Waals surface area contributed by atoms with E-state index in [1.807, 2.05) is 4.90 Å². The zero-order chi connectivity index (χ0) is 9.26. The van der Waals surface area contributed by atoms with E-state index in [0.717, 1.165) is 18.8 Å². The van der Waals surface area contributed by atoms with Gasteiger partial charge in [-0.15, -0.1) is 0 Å². The van der Waals surface area contributed by atoms with Gasteiger partial charge in [-0.05, 0) is 12.5 Å². The van der Waals surface area contributed by atoms with E-state index in [9.17, 15) is 4.79 Å². The van der Waals surface area contributed by atoms with Gasteiger partial charge in [0, 0.05) is 19.3 Å². The van der Waals surface area contributed by atoms with Gasteiger partial charge in [-0.1, -0.05) is 0 Å². The molecule has 0 radical (unpaired) electrons. The summed E-state index contributed by atoms with van der Waals surface area (Å²) in [6, 6.07) is 0. The molecule has 2 aliphatic rings. The maximum absolute atomic E-state index is 10.8. The molecule has 1 fully saturated rings. The summed E-state index contributed by atoms with van der Waals surface area (Å²) in [6.45, 7) is 2.06. The summed E-state index contributed by atoms with van der Waals surface area (Å²) < 4.78 is 0. The smallest absolute Gasteiger partial charge is 0.412 e. The number of rotatable bonds is 0. The van der Waals surface area contributed by atoms with Crippen LogP contribution in [0, 0.1) is 0 Å². The number of aliphatic imine (C=N–C) groups is 1. The van der Waals surface area contributed by atoms with E-state index in [-0.39, 0.29) is 0 Å². The summed E-state index contributed by atoms with van der Waals surface area (Å²) in [4.78, 5) is 18.2. The van der Waals surface area contributed by atoms with Crippen LogP contribution < -0.4 is 0 Å². The molecule has 0 spiro atoms. The van der Waals surface area contributed by atoms with Gasteiger partial charge >= 0.3 is 6.09 Å². The molecule has 2 aliphatic heterocycles. The highest BCUT2D eigenvalue weighted by molar-refractivity contribution is 5.76. The fourth-order valence-electron chi connectivity index (χ4n) is 1.62. The Morgan fingerprint density at radius 2 is 2.38 bits per heavy atom. The third-order valence-electron chi connectivity index (χ3n) is 2.22. The molecule has 0 atom stereocenters. The largest absolute Gasteiger partial charge is 0.465 e. The average Bonchev–Trinajstić information content (AvgIpc) is 2.17. The van der Waals surface area contributed by atoms with Crippen LogP contribution in [-0.4, -0.2) is 47.0 Å². The zero-order valence-electron chi connectivity index (χ0n) is 7.18. The quantitative estimate of drug-likeness (QED) is 0.594. The fraction of sp³-hybridized carbons (Fsp3) is 0.500. The summed E-state index contributed by atoms with van der Waals surface area (Å²) in [7, 11) is 0. The number of carbonyl (C=O) groups is 1. The first kappa shape index (κ1) is 8.10. The second kappa shape index (κ2) is 3.08. The summed E-state index contributed by atoms with van der Waals surface area (Å²) in [5, 5.41) is 8.89. The standard InChI is InChI=1S/C8H11N3O2/c12-8(13)11-5-1-4-10-6-9-3-2-7(10)11/h2-3H,1,4-6H2,(H,12,13). The van der Waals surface area contributed by atoms with E-state index in [4.69, 9.17) is 5.11 Å². The fourth-order valence-corrected chi connectivity index (χ4v) is 1.62. The van der Waals surface area contributed by atoms with E-state index in [2.05, 4.69) is 4.99 Å². The van der Waals surface area contributed by atoms with Crippen LogP contribution in [0.15, 0.2) is 16.9 Å². The lowest BCUT2D eigenvalue weighted by atomic mass is 10.2. The first-order valence-corrected chi connectivity index (χ1v) is 4.24. The zero-order valence-corrected chi connectivity index (χ0v) is 7.18. The van der Waals surface area contributed by atoms with Gasteiger partial charge in [0.15, 0.2) is 0 Å². The molecule has 0 bridgehead atoms. The van der Waals surface area contributed by atoms with E-state index >= 15 is 0 Å². The van der Waals surface area contributed by atoms with Gasteiger partial charge in [0.1, 0.15) is 12.5 Å². The number of nitrogens with zero attached hydrogens (tertiary/aromatic N) is 3. The number of hydrogen-bond acceptors (Lipinski definition) is 3. The first-order chi connectivity index (χ1) is 6.29. The van der Waals surface area contributed by atoms with Crippen molar-refractivity contribution in [3.05, 3.63) is 11.9 Å². The normalized spacial score (nSPS) is 21.1. The number of amides is 1. The van der Waals surface area contributed by atoms with Crippen molar-refractivity contribution in [3.8, 4) is 0 Å². The molecule has 5 nitrogen and oxygen atoms in total. The average molecular weight is 181 g/mol. The Balaban J connectivity index is 2.24. The molecule has 5 heteroatoms. The number of carboxylic acid groups (broad SMARTS) is 1. The summed E-state index contributed by atoms with van der Waals surface area (Å²) in [6.07, 6.45) is 3.40. The van der Waals surface area contributed by atoms with Crippen molar-refractivity contribution in [2.75, 3.05) is 19.8 Å². The molecule has 1 saturated heterocycles. The van der Waals surface area contributed by atoms with E-state index in [0.29, 0.717) is 13.2 Å². The van der Waals surface area contributed by atoms with Gasteiger partial charge in [-0.2, -0.15) is 0 Å². The molecule has 0 aromatic carbocycles. The maximum Gasteiger partial charge on any atom is 0.412 e. The van der Waals surface area contributed by atoms with Crippen LogP contribution in [0.2, 0.25) is 0 Å². The third-order valence-corrected chi connectivity index (χ3v) is 2.22. The highest BCUT2D eigenvalue weighted by Gasteiger charge is 2.26. The molecule has 0 saturated carbocycles. The molecule has 2 rings (SSSR count). The Hall–Kier alpha value is -1.52. The lowest BCUT2D eigenvalue weighted by Crippen LogP contribution is -2.45. The lowest BCUT2D eigenvalue weighted by Gasteiger charge is -2.37. The molecule has 13 heavy (non-hydrogen) atoms. The van der Waals surface area contributed by atoms with Gasteiger partial charge in [0.25, 0.3) is 0 Å². The molecule has 0 unspecified atom stereocenters. The van der Waals surface area contributed by atoms with Crippen LogP contribution in [0.1, 0.15) is 6.42 Å². The predicted molar refractivity (Wildman–Crippen MR) is 47.5 cm³/mol. The molecule has 1 N–H and O–H groups in total. The second-order valence-electron chi connectivity index (χ2n) is 3.05. The van der Waals surface area contributed by atoms with Gasteiger partial charge in [0.05, 0.1) is 0 Å². The highest BCUT2D eigenvalue weighted by atomic mass is 16.4. The predicted octanol–water partition coefficient (Wildman–Crippen LogP) is 0.555. The van der Waals surface area contributed by atoms with Crippen LogP contribution in [0.3, 0.4) is 0 Å². The molecule has 0 aromatic rings. The molecule has 0 aliphatic carbocycles. The van der Waals surface area contributed by atoms with Gasteiger partial charge in [-0.25, -0.2) is 4.79 Å². The van der Waals surface area contributed by atoms with Gasteiger partial charge in [0.2, 0.25) is 0 Å². The van der Waals surface area contributed by atoms with E-state index in [1.165, 1.54) is 4.90 Å². The van der Waals surface area contributed by atoms with Gasteiger partial charge < -0.3 is 10.0 Å². The Morgan fingerprint density at radius 3 is 3.15 bits per heavy atom. The lowest BCUT2D eigenvalue weighted by molar-refractivity contribution is 0.119. The summed E-state index contributed by atoms with van der Waals surface area (Å²) >= 11 is 0. The minimum absolute atomic E-state index is 0.579. The van der Waals surface area contributed by atoms with Crippen LogP contribution in [0.25, 0.3) is 0 Å². The number of fused-ring (bicyclic) bond motifs is 1. The van der Waals surface area contributed by atoms with Crippen molar-refractivity contribution >= 4 is 12.3 Å².